The highest BCUT2D eigenvalue weighted by Crippen LogP contribution is 2.30. The van der Waals surface area contributed by atoms with Gasteiger partial charge in [-0.2, -0.15) is 9.78 Å². The minimum absolute atomic E-state index is 0.117. The van der Waals surface area contributed by atoms with E-state index in [0.717, 1.165) is 26.6 Å². The Morgan fingerprint density at radius 3 is 2.79 bits per heavy atom. The van der Waals surface area contributed by atoms with Gasteiger partial charge in [-0.15, -0.1) is 11.8 Å². The van der Waals surface area contributed by atoms with E-state index in [0.29, 0.717) is 16.0 Å². The van der Waals surface area contributed by atoms with Gasteiger partial charge in [0.05, 0.1) is 28.8 Å². The average molecular weight is 445 g/mol. The van der Waals surface area contributed by atoms with Gasteiger partial charge < -0.3 is 10.1 Å². The van der Waals surface area contributed by atoms with Crippen LogP contribution in [-0.4, -0.2) is 33.5 Å². The van der Waals surface area contributed by atoms with Gasteiger partial charge in [-0.25, -0.2) is 4.98 Å². The van der Waals surface area contributed by atoms with Gasteiger partial charge in [0.2, 0.25) is 11.0 Å². The third kappa shape index (κ3) is 4.55. The first-order valence-electron chi connectivity index (χ1n) is 8.71. The molecule has 2 aromatic carbocycles. The van der Waals surface area contributed by atoms with E-state index in [-0.39, 0.29) is 11.7 Å². The first kappa shape index (κ1) is 19.8. The predicted octanol–water partition coefficient (Wildman–Crippen LogP) is 5.18. The molecule has 0 spiro atoms. The van der Waals surface area contributed by atoms with Crippen molar-refractivity contribution in [1.82, 2.24) is 14.8 Å². The Kier molecular flexibility index (Phi) is 5.75. The van der Waals surface area contributed by atoms with E-state index in [9.17, 15) is 4.79 Å². The molecule has 0 saturated carbocycles. The number of benzene rings is 2. The van der Waals surface area contributed by atoms with Crippen LogP contribution in [0.5, 0.6) is 5.75 Å². The van der Waals surface area contributed by atoms with E-state index in [1.54, 1.807) is 11.8 Å². The number of methoxy groups -OCH3 is 1. The number of hydrogen-bond donors (Lipinski definition) is 1. The zero-order chi connectivity index (χ0) is 20.4. The summed E-state index contributed by atoms with van der Waals surface area (Å²) in [6.07, 6.45) is 0. The number of nitrogens with zero attached hydrogens (tertiary/aromatic N) is 3. The third-order valence-electron chi connectivity index (χ3n) is 4.05. The molecular weight excluding hydrogens is 428 g/mol. The number of hydrogen-bond acceptors (Lipinski definition) is 6. The maximum Gasteiger partial charge on any atom is 0.235 e. The average Bonchev–Trinajstić information content (AvgIpc) is 3.29. The van der Waals surface area contributed by atoms with E-state index in [1.807, 2.05) is 55.5 Å². The smallest absolute Gasteiger partial charge is 0.235 e. The van der Waals surface area contributed by atoms with Gasteiger partial charge in [-0.05, 0) is 49.4 Å². The van der Waals surface area contributed by atoms with Gasteiger partial charge in [0, 0.05) is 16.0 Å². The molecule has 6 nitrogen and oxygen atoms in total. The van der Waals surface area contributed by atoms with E-state index in [4.69, 9.17) is 16.3 Å². The van der Waals surface area contributed by atoms with Crippen molar-refractivity contribution >= 4 is 56.6 Å². The number of anilines is 1. The Bertz CT molecular complexity index is 1170. The van der Waals surface area contributed by atoms with Crippen molar-refractivity contribution in [2.24, 2.45) is 0 Å². The Morgan fingerprint density at radius 2 is 2.03 bits per heavy atom. The fourth-order valence-electron chi connectivity index (χ4n) is 2.70. The van der Waals surface area contributed by atoms with Crippen LogP contribution in [0.15, 0.2) is 53.4 Å². The number of carbonyl (C=O) groups excluding carboxylic acids is 1. The van der Waals surface area contributed by atoms with Gasteiger partial charge in [-0.1, -0.05) is 22.9 Å². The Hall–Kier alpha value is -2.55. The summed E-state index contributed by atoms with van der Waals surface area (Å²) < 4.78 is 7.93. The lowest BCUT2D eigenvalue weighted by Crippen LogP contribution is -2.16. The number of ether oxygens (including phenoxy) is 1. The lowest BCUT2D eigenvalue weighted by atomic mass is 10.3. The topological polar surface area (TPSA) is 69.0 Å². The zero-order valence-corrected chi connectivity index (χ0v) is 18.1. The highest BCUT2D eigenvalue weighted by atomic mass is 35.5. The molecule has 2 heterocycles. The summed E-state index contributed by atoms with van der Waals surface area (Å²) in [4.78, 5) is 18.1. The van der Waals surface area contributed by atoms with Gasteiger partial charge >= 0.3 is 0 Å². The third-order valence-corrected chi connectivity index (χ3v) is 6.31. The molecule has 4 aromatic rings. The van der Waals surface area contributed by atoms with Crippen molar-refractivity contribution in [3.63, 3.8) is 0 Å². The number of fused-ring (bicyclic) bond motifs is 1. The summed E-state index contributed by atoms with van der Waals surface area (Å²) in [7, 11) is 1.63. The summed E-state index contributed by atoms with van der Waals surface area (Å²) in [5.41, 5.74) is 1.65. The number of thioether (sulfide) groups is 1. The minimum atomic E-state index is -0.117. The van der Waals surface area contributed by atoms with Crippen LogP contribution in [0, 0.1) is 6.92 Å². The molecule has 9 heteroatoms. The second-order valence-electron chi connectivity index (χ2n) is 6.20. The summed E-state index contributed by atoms with van der Waals surface area (Å²) >= 11 is 8.83. The van der Waals surface area contributed by atoms with Crippen molar-refractivity contribution in [3.05, 3.63) is 59.2 Å². The van der Waals surface area contributed by atoms with E-state index < -0.39 is 0 Å². The maximum atomic E-state index is 12.5. The normalized spacial score (nSPS) is 11.0. The monoisotopic (exact) mass is 444 g/mol. The van der Waals surface area contributed by atoms with Crippen LogP contribution in [0.25, 0.3) is 15.3 Å². The highest BCUT2D eigenvalue weighted by Gasteiger charge is 2.15. The van der Waals surface area contributed by atoms with Crippen molar-refractivity contribution in [1.29, 1.82) is 0 Å². The van der Waals surface area contributed by atoms with Crippen molar-refractivity contribution < 1.29 is 9.53 Å². The number of carbonyl (C=O) groups is 1. The molecule has 4 rings (SSSR count). The molecule has 0 fully saturated rings. The molecule has 148 valence electrons. The maximum absolute atomic E-state index is 12.5. The molecular formula is C20H17ClN4O2S2. The van der Waals surface area contributed by atoms with Crippen LogP contribution in [0.3, 0.4) is 0 Å². The fraction of sp³-hybridized carbons (Fsp3) is 0.150. The molecule has 0 radical (unpaired) electrons. The summed E-state index contributed by atoms with van der Waals surface area (Å²) in [6.45, 7) is 1.88. The Morgan fingerprint density at radius 1 is 1.24 bits per heavy atom. The standard InChI is InChI=1S/C20H17ClN4O2S2/c1-12-9-18(23-19(26)11-28-15-6-3-13(21)4-7-15)25(24-12)20-22-16-8-5-14(27-2)10-17(16)29-20/h3-10H,11H2,1-2H3,(H,23,26). The van der Waals surface area contributed by atoms with Gasteiger partial charge in [0.25, 0.3) is 0 Å². The van der Waals surface area contributed by atoms with Crippen LogP contribution >= 0.6 is 34.7 Å². The number of rotatable bonds is 6. The van der Waals surface area contributed by atoms with E-state index >= 15 is 0 Å². The second-order valence-corrected chi connectivity index (χ2v) is 8.70. The molecule has 0 saturated heterocycles. The number of aryl methyl sites for hydroxylation is 1. The Balaban J connectivity index is 1.52. The molecule has 1 N–H and O–H groups in total. The molecule has 0 aliphatic heterocycles. The fourth-order valence-corrected chi connectivity index (χ4v) is 4.49. The van der Waals surface area contributed by atoms with Crippen LogP contribution in [0.2, 0.25) is 5.02 Å². The van der Waals surface area contributed by atoms with E-state index in [2.05, 4.69) is 15.4 Å². The molecule has 2 aromatic heterocycles. The predicted molar refractivity (Wildman–Crippen MR) is 119 cm³/mol. The summed E-state index contributed by atoms with van der Waals surface area (Å²) in [6, 6.07) is 15.0. The van der Waals surface area contributed by atoms with E-state index in [1.165, 1.54) is 23.1 Å². The molecule has 0 unspecified atom stereocenters. The summed E-state index contributed by atoms with van der Waals surface area (Å²) in [5, 5.41) is 8.79. The SMILES string of the molecule is COc1ccc2nc(-n3nc(C)cc3NC(=O)CSc3ccc(Cl)cc3)sc2c1. The zero-order valence-electron chi connectivity index (χ0n) is 15.7. The highest BCUT2D eigenvalue weighted by molar-refractivity contribution is 8.00. The molecule has 1 amide bonds. The number of nitrogens with one attached hydrogen (secondary N) is 1. The van der Waals surface area contributed by atoms with Gasteiger partial charge in [-0.3, -0.25) is 4.79 Å². The van der Waals surface area contributed by atoms with Crippen LogP contribution in [0.1, 0.15) is 5.69 Å². The van der Waals surface area contributed by atoms with Crippen LogP contribution in [0.4, 0.5) is 5.82 Å². The molecule has 29 heavy (non-hydrogen) atoms. The number of halogens is 1. The van der Waals surface area contributed by atoms with Gasteiger partial charge in [0.15, 0.2) is 0 Å². The number of aromatic nitrogens is 3. The Labute approximate surface area is 180 Å². The minimum Gasteiger partial charge on any atom is -0.497 e. The first-order chi connectivity index (χ1) is 14.0. The van der Waals surface area contributed by atoms with Gasteiger partial charge in [0.1, 0.15) is 11.6 Å². The molecule has 0 bridgehead atoms. The lowest BCUT2D eigenvalue weighted by molar-refractivity contribution is -0.113. The quantitative estimate of drug-likeness (QED) is 0.415. The van der Waals surface area contributed by atoms with Crippen molar-refractivity contribution in [3.8, 4) is 10.9 Å². The summed E-state index contributed by atoms with van der Waals surface area (Å²) in [5.74, 6) is 1.53. The second kappa shape index (κ2) is 8.44. The van der Waals surface area contributed by atoms with Crippen molar-refractivity contribution in [2.45, 2.75) is 11.8 Å². The van der Waals surface area contributed by atoms with Crippen LogP contribution < -0.4 is 10.1 Å². The molecule has 0 aliphatic carbocycles. The lowest BCUT2D eigenvalue weighted by Gasteiger charge is -2.06. The molecule has 0 aliphatic rings. The number of amides is 1. The first-order valence-corrected chi connectivity index (χ1v) is 10.9. The van der Waals surface area contributed by atoms with Crippen molar-refractivity contribution in [2.75, 3.05) is 18.2 Å². The largest absolute Gasteiger partial charge is 0.497 e. The molecule has 0 atom stereocenters. The van der Waals surface area contributed by atoms with Crippen LogP contribution in [-0.2, 0) is 4.79 Å². The number of thiazole rings is 1.